The summed E-state index contributed by atoms with van der Waals surface area (Å²) in [4.78, 5) is 14.3. The van der Waals surface area contributed by atoms with Crippen molar-refractivity contribution in [1.82, 2.24) is 0 Å². The summed E-state index contributed by atoms with van der Waals surface area (Å²) in [5.74, 6) is 0.407. The Kier molecular flexibility index (Phi) is 6.72. The molecule has 1 amide bonds. The first-order valence-corrected chi connectivity index (χ1v) is 10.2. The maximum atomic E-state index is 13.2. The summed E-state index contributed by atoms with van der Waals surface area (Å²) in [5.41, 5.74) is 3.10. The van der Waals surface area contributed by atoms with E-state index in [9.17, 15) is 4.79 Å². The molecule has 0 aromatic heterocycles. The number of rotatable bonds is 7. The number of nitrogens with one attached hydrogen (secondary N) is 1. The van der Waals surface area contributed by atoms with Gasteiger partial charge in [-0.25, -0.2) is 0 Å². The summed E-state index contributed by atoms with van der Waals surface area (Å²) < 4.78 is 0. The van der Waals surface area contributed by atoms with Gasteiger partial charge in [0, 0.05) is 10.6 Å². The molecule has 0 bridgehead atoms. The number of para-hydroxylation sites is 1. The predicted molar refractivity (Wildman–Crippen MR) is 115 cm³/mol. The van der Waals surface area contributed by atoms with Crippen LogP contribution >= 0.6 is 11.8 Å². The molecule has 0 aliphatic rings. The van der Waals surface area contributed by atoms with E-state index in [2.05, 4.69) is 25.2 Å². The van der Waals surface area contributed by atoms with Crippen molar-refractivity contribution in [3.05, 3.63) is 96.1 Å². The number of carbonyl (C=O) groups excluding carboxylic acids is 1. The van der Waals surface area contributed by atoms with E-state index in [1.807, 2.05) is 78.9 Å². The molecule has 0 aliphatic heterocycles. The van der Waals surface area contributed by atoms with Crippen molar-refractivity contribution < 1.29 is 4.79 Å². The molecule has 0 fully saturated rings. The highest BCUT2D eigenvalue weighted by Crippen LogP contribution is 2.37. The van der Waals surface area contributed by atoms with Gasteiger partial charge in [-0.3, -0.25) is 4.79 Å². The molecular weight excluding hydrogens is 350 g/mol. The summed E-state index contributed by atoms with van der Waals surface area (Å²) >= 11 is 1.58. The lowest BCUT2D eigenvalue weighted by Gasteiger charge is -2.20. The fourth-order valence-corrected chi connectivity index (χ4v) is 4.04. The van der Waals surface area contributed by atoms with Gasteiger partial charge in [-0.1, -0.05) is 80.6 Å². The number of thioether (sulfide) groups is 1. The molecule has 138 valence electrons. The molecule has 3 aromatic rings. The molecule has 2 atom stereocenters. The largest absolute Gasteiger partial charge is 0.325 e. The molecule has 1 N–H and O–H groups in total. The number of hydrogen-bond acceptors (Lipinski definition) is 2. The molecule has 3 heteroatoms. The van der Waals surface area contributed by atoms with Gasteiger partial charge < -0.3 is 5.32 Å². The van der Waals surface area contributed by atoms with Crippen LogP contribution in [0.4, 0.5) is 5.69 Å². The van der Waals surface area contributed by atoms with Crippen molar-refractivity contribution in [2.75, 3.05) is 5.32 Å². The Morgan fingerprint density at radius 2 is 1.48 bits per heavy atom. The Morgan fingerprint density at radius 3 is 2.15 bits per heavy atom. The number of hydrogen-bond donors (Lipinski definition) is 1. The van der Waals surface area contributed by atoms with E-state index in [0.29, 0.717) is 5.92 Å². The van der Waals surface area contributed by atoms with E-state index < -0.39 is 0 Å². The van der Waals surface area contributed by atoms with E-state index in [4.69, 9.17) is 0 Å². The van der Waals surface area contributed by atoms with Gasteiger partial charge in [-0.05, 0) is 41.7 Å². The Balaban J connectivity index is 1.88. The van der Waals surface area contributed by atoms with Gasteiger partial charge in [0.2, 0.25) is 5.91 Å². The van der Waals surface area contributed by atoms with Crippen LogP contribution in [0.3, 0.4) is 0 Å². The van der Waals surface area contributed by atoms with Crippen LogP contribution in [-0.2, 0) is 4.79 Å². The fourth-order valence-electron chi connectivity index (χ4n) is 2.99. The highest BCUT2D eigenvalue weighted by atomic mass is 32.2. The third-order valence-corrected chi connectivity index (χ3v) is 5.97. The first-order valence-electron chi connectivity index (χ1n) is 9.35. The van der Waals surface area contributed by atoms with Crippen molar-refractivity contribution in [2.45, 2.75) is 36.3 Å². The SMILES string of the molecule is CCC(C)c1ccccc1NC(=O)C(Sc1ccccc1)c1ccccc1. The van der Waals surface area contributed by atoms with Crippen LogP contribution < -0.4 is 5.32 Å². The molecule has 27 heavy (non-hydrogen) atoms. The third kappa shape index (κ3) is 5.01. The van der Waals surface area contributed by atoms with Gasteiger partial charge >= 0.3 is 0 Å². The van der Waals surface area contributed by atoms with Crippen LogP contribution in [0.15, 0.2) is 89.8 Å². The molecule has 2 unspecified atom stereocenters. The second-order valence-corrected chi connectivity index (χ2v) is 7.79. The quantitative estimate of drug-likeness (QED) is 0.467. The van der Waals surface area contributed by atoms with E-state index in [1.54, 1.807) is 11.8 Å². The lowest BCUT2D eigenvalue weighted by Crippen LogP contribution is -2.20. The van der Waals surface area contributed by atoms with E-state index in [-0.39, 0.29) is 11.2 Å². The lowest BCUT2D eigenvalue weighted by atomic mass is 9.97. The Hall–Kier alpha value is -2.52. The van der Waals surface area contributed by atoms with Crippen LogP contribution in [0.1, 0.15) is 42.6 Å². The molecule has 3 aromatic carbocycles. The van der Waals surface area contributed by atoms with Crippen LogP contribution in [0.25, 0.3) is 0 Å². The third-order valence-electron chi connectivity index (χ3n) is 4.70. The van der Waals surface area contributed by atoms with Gasteiger partial charge in [-0.15, -0.1) is 11.8 Å². The monoisotopic (exact) mass is 375 g/mol. The first kappa shape index (κ1) is 19.2. The number of anilines is 1. The zero-order valence-electron chi connectivity index (χ0n) is 15.8. The van der Waals surface area contributed by atoms with Gasteiger partial charge in [0.25, 0.3) is 0 Å². The number of carbonyl (C=O) groups is 1. The zero-order chi connectivity index (χ0) is 19.1. The van der Waals surface area contributed by atoms with Crippen molar-refractivity contribution >= 4 is 23.4 Å². The average molecular weight is 376 g/mol. The first-order chi connectivity index (χ1) is 13.2. The van der Waals surface area contributed by atoms with Crippen LogP contribution in [-0.4, -0.2) is 5.91 Å². The minimum atomic E-state index is -0.307. The van der Waals surface area contributed by atoms with Crippen molar-refractivity contribution in [3.8, 4) is 0 Å². The highest BCUT2D eigenvalue weighted by molar-refractivity contribution is 8.00. The standard InChI is InChI=1S/C24H25NOS/c1-3-18(2)21-16-10-11-17-22(21)25-24(26)23(19-12-6-4-7-13-19)27-20-14-8-5-9-15-20/h4-18,23H,3H2,1-2H3,(H,25,26). The molecular formula is C24H25NOS. The molecule has 3 rings (SSSR count). The van der Waals surface area contributed by atoms with Crippen molar-refractivity contribution in [3.63, 3.8) is 0 Å². The summed E-state index contributed by atoms with van der Waals surface area (Å²) in [6.07, 6.45) is 1.04. The minimum Gasteiger partial charge on any atom is -0.325 e. The fraction of sp³-hybridized carbons (Fsp3) is 0.208. The topological polar surface area (TPSA) is 29.1 Å². The predicted octanol–water partition coefficient (Wildman–Crippen LogP) is 6.67. The second-order valence-electron chi connectivity index (χ2n) is 6.61. The van der Waals surface area contributed by atoms with Crippen LogP contribution in [0, 0.1) is 0 Å². The van der Waals surface area contributed by atoms with Crippen LogP contribution in [0.5, 0.6) is 0 Å². The maximum Gasteiger partial charge on any atom is 0.242 e. The molecule has 0 spiro atoms. The summed E-state index contributed by atoms with van der Waals surface area (Å²) in [5, 5.41) is 2.88. The van der Waals surface area contributed by atoms with Gasteiger partial charge in [-0.2, -0.15) is 0 Å². The summed E-state index contributed by atoms with van der Waals surface area (Å²) in [6.45, 7) is 4.36. The smallest absolute Gasteiger partial charge is 0.242 e. The van der Waals surface area contributed by atoms with E-state index in [1.165, 1.54) is 5.56 Å². The maximum absolute atomic E-state index is 13.2. The second kappa shape index (κ2) is 9.43. The average Bonchev–Trinajstić information content (AvgIpc) is 2.73. The highest BCUT2D eigenvalue weighted by Gasteiger charge is 2.23. The van der Waals surface area contributed by atoms with E-state index >= 15 is 0 Å². The molecule has 0 radical (unpaired) electrons. The molecule has 0 heterocycles. The van der Waals surface area contributed by atoms with Crippen molar-refractivity contribution in [1.29, 1.82) is 0 Å². The Labute approximate surface area is 166 Å². The van der Waals surface area contributed by atoms with Crippen molar-refractivity contribution in [2.24, 2.45) is 0 Å². The zero-order valence-corrected chi connectivity index (χ0v) is 16.6. The van der Waals surface area contributed by atoms with Gasteiger partial charge in [0.05, 0.1) is 0 Å². The normalized spacial score (nSPS) is 13.0. The van der Waals surface area contributed by atoms with Crippen LogP contribution in [0.2, 0.25) is 0 Å². The molecule has 0 saturated carbocycles. The Bertz CT molecular complexity index is 864. The lowest BCUT2D eigenvalue weighted by molar-refractivity contribution is -0.115. The molecule has 0 aliphatic carbocycles. The van der Waals surface area contributed by atoms with Gasteiger partial charge in [0.1, 0.15) is 5.25 Å². The Morgan fingerprint density at radius 1 is 0.889 bits per heavy atom. The van der Waals surface area contributed by atoms with Gasteiger partial charge in [0.15, 0.2) is 0 Å². The molecule has 2 nitrogen and oxygen atoms in total. The minimum absolute atomic E-state index is 0.00538. The number of amides is 1. The number of benzene rings is 3. The summed E-state index contributed by atoms with van der Waals surface area (Å²) in [7, 11) is 0. The molecule has 0 saturated heterocycles. The summed E-state index contributed by atoms with van der Waals surface area (Å²) in [6, 6.07) is 28.1. The van der Waals surface area contributed by atoms with E-state index in [0.717, 1.165) is 22.6 Å².